The minimum Gasteiger partial charge on any atom is -0.382 e. The summed E-state index contributed by atoms with van der Waals surface area (Å²) in [6.07, 6.45) is 0.0965. The highest BCUT2D eigenvalue weighted by atomic mass is 35.5. The van der Waals surface area contributed by atoms with E-state index in [0.29, 0.717) is 17.5 Å². The third-order valence-electron chi connectivity index (χ3n) is 8.19. The van der Waals surface area contributed by atoms with Crippen LogP contribution in [0.5, 0.6) is 0 Å². The fourth-order valence-corrected chi connectivity index (χ4v) is 5.93. The number of nitrogens with zero attached hydrogens (tertiary/aromatic N) is 3. The molecule has 2 fully saturated rings. The summed E-state index contributed by atoms with van der Waals surface area (Å²) >= 11 is 6.01. The van der Waals surface area contributed by atoms with Gasteiger partial charge in [0, 0.05) is 54.5 Å². The Labute approximate surface area is 232 Å². The maximum absolute atomic E-state index is 13.4. The SMILES string of the molecule is CN(CC1CCC(Nc2ccc(N(O)O)c(C(F)(F)F)c2)CC1)C(=O)C1(C)CCN(c2ccc(Cl)cc2)CC1. The van der Waals surface area contributed by atoms with Crippen molar-refractivity contribution in [2.45, 2.75) is 57.7 Å². The quantitative estimate of drug-likeness (QED) is 0.323. The van der Waals surface area contributed by atoms with Gasteiger partial charge in [-0.15, -0.1) is 5.23 Å². The average Bonchev–Trinajstić information content (AvgIpc) is 2.89. The molecule has 1 amide bonds. The number of amides is 1. The molecular formula is C28H36ClF3N4O3. The Morgan fingerprint density at radius 2 is 1.69 bits per heavy atom. The minimum absolute atomic E-state index is 0.00302. The number of hydrogen-bond donors (Lipinski definition) is 3. The molecule has 1 aliphatic carbocycles. The van der Waals surface area contributed by atoms with Gasteiger partial charge in [-0.2, -0.15) is 13.2 Å². The van der Waals surface area contributed by atoms with Gasteiger partial charge >= 0.3 is 6.18 Å². The van der Waals surface area contributed by atoms with Gasteiger partial charge < -0.3 is 15.1 Å². The van der Waals surface area contributed by atoms with Crippen LogP contribution in [0.2, 0.25) is 5.02 Å². The molecule has 2 aromatic carbocycles. The van der Waals surface area contributed by atoms with E-state index < -0.39 is 28.1 Å². The molecule has 4 rings (SSSR count). The predicted octanol–water partition coefficient (Wildman–Crippen LogP) is 6.68. The second kappa shape index (κ2) is 11.8. The van der Waals surface area contributed by atoms with Gasteiger partial charge in [0.05, 0.1) is 5.56 Å². The Hall–Kier alpha value is -2.69. The normalized spacial score (nSPS) is 21.4. The first-order valence-electron chi connectivity index (χ1n) is 13.3. The molecule has 2 aliphatic rings. The van der Waals surface area contributed by atoms with E-state index in [1.165, 1.54) is 6.07 Å². The van der Waals surface area contributed by atoms with Gasteiger partial charge in [-0.25, -0.2) is 0 Å². The smallest absolute Gasteiger partial charge is 0.382 e. The van der Waals surface area contributed by atoms with E-state index >= 15 is 0 Å². The molecule has 3 N–H and O–H groups in total. The highest BCUT2D eigenvalue weighted by Crippen LogP contribution is 2.39. The van der Waals surface area contributed by atoms with Crippen LogP contribution in [0, 0.1) is 11.3 Å². The predicted molar refractivity (Wildman–Crippen MR) is 146 cm³/mol. The van der Waals surface area contributed by atoms with Crippen LogP contribution in [0.15, 0.2) is 42.5 Å². The molecule has 1 aliphatic heterocycles. The van der Waals surface area contributed by atoms with Crippen molar-refractivity contribution in [2.24, 2.45) is 11.3 Å². The lowest BCUT2D eigenvalue weighted by molar-refractivity contribution is -0.142. The summed E-state index contributed by atoms with van der Waals surface area (Å²) < 4.78 is 40.1. The molecule has 7 nitrogen and oxygen atoms in total. The highest BCUT2D eigenvalue weighted by Gasteiger charge is 2.39. The average molecular weight is 569 g/mol. The van der Waals surface area contributed by atoms with Crippen LogP contribution in [0.4, 0.5) is 30.2 Å². The second-order valence-corrected chi connectivity index (χ2v) is 11.5. The number of halogens is 4. The molecule has 39 heavy (non-hydrogen) atoms. The van der Waals surface area contributed by atoms with Crippen molar-refractivity contribution < 1.29 is 28.4 Å². The van der Waals surface area contributed by atoms with Crippen LogP contribution >= 0.6 is 11.6 Å². The van der Waals surface area contributed by atoms with E-state index in [4.69, 9.17) is 22.0 Å². The molecule has 1 saturated heterocycles. The largest absolute Gasteiger partial charge is 0.418 e. The third kappa shape index (κ3) is 7.10. The topological polar surface area (TPSA) is 79.3 Å². The number of anilines is 3. The number of hydrogen-bond acceptors (Lipinski definition) is 6. The zero-order chi connectivity index (χ0) is 28.4. The van der Waals surface area contributed by atoms with Crippen molar-refractivity contribution in [2.75, 3.05) is 42.1 Å². The lowest BCUT2D eigenvalue weighted by atomic mass is 9.78. The van der Waals surface area contributed by atoms with Crippen LogP contribution in [-0.2, 0) is 11.0 Å². The van der Waals surface area contributed by atoms with Crippen molar-refractivity contribution in [1.29, 1.82) is 0 Å². The van der Waals surface area contributed by atoms with Gasteiger partial charge in [0.2, 0.25) is 5.91 Å². The van der Waals surface area contributed by atoms with E-state index in [1.54, 1.807) is 0 Å². The number of alkyl halides is 3. The molecule has 0 spiro atoms. The van der Waals surface area contributed by atoms with Crippen molar-refractivity contribution in [1.82, 2.24) is 4.90 Å². The third-order valence-corrected chi connectivity index (χ3v) is 8.44. The summed E-state index contributed by atoms with van der Waals surface area (Å²) in [6.45, 7) is 4.33. The van der Waals surface area contributed by atoms with Crippen molar-refractivity contribution in [3.8, 4) is 0 Å². The van der Waals surface area contributed by atoms with E-state index in [2.05, 4.69) is 17.1 Å². The Morgan fingerprint density at radius 3 is 2.26 bits per heavy atom. The molecule has 11 heteroatoms. The number of benzene rings is 2. The Bertz CT molecular complexity index is 1130. The molecule has 1 heterocycles. The lowest BCUT2D eigenvalue weighted by Gasteiger charge is -2.42. The van der Waals surface area contributed by atoms with Crippen LogP contribution < -0.4 is 15.4 Å². The fourth-order valence-electron chi connectivity index (χ4n) is 5.81. The first-order valence-corrected chi connectivity index (χ1v) is 13.7. The maximum atomic E-state index is 13.4. The van der Waals surface area contributed by atoms with Gasteiger partial charge in [0.25, 0.3) is 0 Å². The zero-order valence-electron chi connectivity index (χ0n) is 22.2. The summed E-state index contributed by atoms with van der Waals surface area (Å²) in [5, 5.41) is 21.6. The second-order valence-electron chi connectivity index (χ2n) is 11.1. The lowest BCUT2D eigenvalue weighted by Crippen LogP contribution is -2.49. The number of rotatable bonds is 7. The Morgan fingerprint density at radius 1 is 1.08 bits per heavy atom. The van der Waals surface area contributed by atoms with Crippen molar-refractivity contribution in [3.63, 3.8) is 0 Å². The standard InChI is InChI=1S/C28H36ClF3N4O3/c1-27(13-15-35(16-14-27)23-10-5-20(29)6-11-23)26(37)34(2)18-19-3-7-21(8-4-19)33-22-9-12-25(36(38)39)24(17-22)28(30,31)32/h5-6,9-12,17,19,21,33,38-39H,3-4,7-8,13-16,18H2,1-2H3. The van der Waals surface area contributed by atoms with Gasteiger partial charge in [-0.3, -0.25) is 15.2 Å². The van der Waals surface area contributed by atoms with E-state index in [9.17, 15) is 18.0 Å². The first-order chi connectivity index (χ1) is 18.4. The molecule has 214 valence electrons. The molecule has 0 unspecified atom stereocenters. The Balaban J connectivity index is 1.26. The summed E-state index contributed by atoms with van der Waals surface area (Å²) in [7, 11) is 1.87. The van der Waals surface area contributed by atoms with Crippen LogP contribution in [0.3, 0.4) is 0 Å². The zero-order valence-corrected chi connectivity index (χ0v) is 23.0. The molecule has 0 aromatic heterocycles. The summed E-state index contributed by atoms with van der Waals surface area (Å²) in [5.41, 5.74) is -0.867. The minimum atomic E-state index is -4.73. The molecular weight excluding hydrogens is 533 g/mol. The first kappa shape index (κ1) is 29.3. The van der Waals surface area contributed by atoms with Crippen molar-refractivity contribution >= 4 is 34.6 Å². The fraction of sp³-hybridized carbons (Fsp3) is 0.536. The summed E-state index contributed by atoms with van der Waals surface area (Å²) in [4.78, 5) is 17.6. The van der Waals surface area contributed by atoms with E-state index in [0.717, 1.165) is 69.4 Å². The maximum Gasteiger partial charge on any atom is 0.418 e. The summed E-state index contributed by atoms with van der Waals surface area (Å²) in [6, 6.07) is 11.1. The van der Waals surface area contributed by atoms with Gasteiger partial charge in [0.15, 0.2) is 0 Å². The van der Waals surface area contributed by atoms with Crippen molar-refractivity contribution in [3.05, 3.63) is 53.1 Å². The highest BCUT2D eigenvalue weighted by molar-refractivity contribution is 6.30. The van der Waals surface area contributed by atoms with Gasteiger partial charge in [-0.05, 0) is 86.9 Å². The van der Waals surface area contributed by atoms with Gasteiger partial charge in [-0.1, -0.05) is 18.5 Å². The van der Waals surface area contributed by atoms with Crippen LogP contribution in [0.1, 0.15) is 51.0 Å². The van der Waals surface area contributed by atoms with E-state index in [-0.39, 0.29) is 17.6 Å². The molecule has 0 bridgehead atoms. The number of carbonyl (C=O) groups excluding carboxylic acids is 1. The van der Waals surface area contributed by atoms with E-state index in [1.807, 2.05) is 36.2 Å². The van der Waals surface area contributed by atoms with Crippen LogP contribution in [0.25, 0.3) is 0 Å². The monoisotopic (exact) mass is 568 g/mol. The molecule has 1 saturated carbocycles. The Kier molecular flexibility index (Phi) is 8.88. The molecule has 0 radical (unpaired) electrons. The van der Waals surface area contributed by atoms with Gasteiger partial charge in [0.1, 0.15) is 5.69 Å². The molecule has 2 aromatic rings. The number of piperidine rings is 1. The summed E-state index contributed by atoms with van der Waals surface area (Å²) in [5.74, 6) is 0.500. The van der Waals surface area contributed by atoms with Crippen LogP contribution in [-0.4, -0.2) is 53.9 Å². The number of carbonyl (C=O) groups is 1. The number of nitrogens with one attached hydrogen (secondary N) is 1. The molecule has 0 atom stereocenters.